The molecule has 2 heterocycles. The van der Waals surface area contributed by atoms with E-state index in [9.17, 15) is 9.90 Å². The quantitative estimate of drug-likeness (QED) is 0.0810. The summed E-state index contributed by atoms with van der Waals surface area (Å²) in [5, 5.41) is 27.2. The number of hydrogen-bond acceptors (Lipinski definition) is 12. The zero-order valence-electron chi connectivity index (χ0n) is 37.5. The van der Waals surface area contributed by atoms with Crippen molar-refractivity contribution >= 4 is 28.4 Å². The number of fused-ring (bicyclic) bond motifs is 2. The molecule has 0 saturated heterocycles. The summed E-state index contributed by atoms with van der Waals surface area (Å²) in [7, 11) is 0. The number of carbonyl (C=O) groups excluding carboxylic acids is 1. The van der Waals surface area contributed by atoms with E-state index in [0.717, 1.165) is 85.0 Å². The number of hydrogen-bond donors (Lipinski definition) is 1. The van der Waals surface area contributed by atoms with Gasteiger partial charge in [0.25, 0.3) is 0 Å². The number of benzene rings is 6. The second-order valence-corrected chi connectivity index (χ2v) is 16.2. The summed E-state index contributed by atoms with van der Waals surface area (Å²) in [5.41, 5.74) is 9.89. The molecule has 14 nitrogen and oxygen atoms in total. The van der Waals surface area contributed by atoms with Gasteiger partial charge in [-0.2, -0.15) is 0 Å². The van der Waals surface area contributed by atoms with Crippen molar-refractivity contribution in [3.8, 4) is 56.6 Å². The molecule has 0 unspecified atom stereocenters. The Morgan fingerprint density at radius 3 is 1.22 bits per heavy atom. The summed E-state index contributed by atoms with van der Waals surface area (Å²) in [6, 6.07) is 38.8. The number of carbonyl (C=O) groups is 1. The van der Waals surface area contributed by atoms with Gasteiger partial charge in [0.05, 0.1) is 53.4 Å². The molecule has 0 aliphatic heterocycles. The van der Waals surface area contributed by atoms with Crippen LogP contribution in [0.25, 0.3) is 55.7 Å². The third-order valence-corrected chi connectivity index (χ3v) is 9.56. The Morgan fingerprint density at radius 2 is 0.862 bits per heavy atom. The molecule has 0 spiro atoms. The molecular weight excluding hydrogens is 868 g/mol. The molecule has 0 aliphatic carbocycles. The fourth-order valence-corrected chi connectivity index (χ4v) is 6.97. The molecule has 65 heavy (non-hydrogen) atoms. The Labute approximate surface area is 383 Å². The number of aliphatic hydroxyl groups excluding tert-OH is 1. The van der Waals surface area contributed by atoms with E-state index in [1.54, 1.807) is 15.4 Å². The van der Waals surface area contributed by atoms with Gasteiger partial charge in [-0.05, 0) is 180 Å². The van der Waals surface area contributed by atoms with Crippen LogP contribution in [0.15, 0.2) is 121 Å². The summed E-state index contributed by atoms with van der Waals surface area (Å²) in [6.07, 6.45) is 1.30. The molecule has 0 atom stereocenters. The van der Waals surface area contributed by atoms with Crippen molar-refractivity contribution in [3.63, 3.8) is 0 Å². The number of aliphatic hydroxyl groups is 1. The van der Waals surface area contributed by atoms with Crippen LogP contribution in [0.4, 0.5) is 0 Å². The molecule has 0 fully saturated rings. The standard InChI is InChI=1S/C25H27N3O3.C25H25N3O3.Mn.2O/c2*1-16(2)30-21-9-5-18(6-10-21)23-14-25-24(13-19(23)15-29)26-27-28(25)20-7-11-22(12-8-20)31-17(3)4;;;/h5-14,16-17,29H,15H2,1-4H3;5-17H,1-4H3;;;. The minimum atomic E-state index is -1.44. The summed E-state index contributed by atoms with van der Waals surface area (Å²) >= 11 is -1.44. The van der Waals surface area contributed by atoms with Crippen molar-refractivity contribution in [2.75, 3.05) is 0 Å². The van der Waals surface area contributed by atoms with Gasteiger partial charge in [0.1, 0.15) is 34.0 Å². The van der Waals surface area contributed by atoms with E-state index in [4.69, 9.17) is 26.6 Å². The van der Waals surface area contributed by atoms with E-state index in [0.29, 0.717) is 11.1 Å². The van der Waals surface area contributed by atoms with Gasteiger partial charge in [0.2, 0.25) is 0 Å². The van der Waals surface area contributed by atoms with Gasteiger partial charge in [-0.3, -0.25) is 4.79 Å². The second-order valence-electron chi connectivity index (χ2n) is 16.0. The Balaban J connectivity index is 0.000000203. The van der Waals surface area contributed by atoms with Crippen molar-refractivity contribution < 1.29 is 51.3 Å². The molecule has 0 amide bonds. The first-order valence-corrected chi connectivity index (χ1v) is 22.1. The molecule has 337 valence electrons. The average Bonchev–Trinajstić information content (AvgIpc) is 3.90. The molecule has 8 rings (SSSR count). The van der Waals surface area contributed by atoms with E-state index in [-0.39, 0.29) is 31.0 Å². The Morgan fingerprint density at radius 1 is 0.523 bits per heavy atom. The first-order chi connectivity index (χ1) is 31.3. The van der Waals surface area contributed by atoms with Gasteiger partial charge in [0, 0.05) is 5.56 Å². The first-order valence-electron chi connectivity index (χ1n) is 21.1. The van der Waals surface area contributed by atoms with Crippen LogP contribution in [0, 0.1) is 0 Å². The van der Waals surface area contributed by atoms with Crippen LogP contribution < -0.4 is 18.9 Å². The van der Waals surface area contributed by atoms with Crippen LogP contribution >= 0.6 is 0 Å². The Kier molecular flexibility index (Phi) is 16.2. The number of rotatable bonds is 14. The topological polar surface area (TPSA) is 170 Å². The van der Waals surface area contributed by atoms with Crippen LogP contribution in [0.2, 0.25) is 0 Å². The summed E-state index contributed by atoms with van der Waals surface area (Å²) < 4.78 is 43.3. The monoisotopic (exact) mass is 919 g/mol. The summed E-state index contributed by atoms with van der Waals surface area (Å²) in [6.45, 7) is 15.9. The van der Waals surface area contributed by atoms with E-state index in [2.05, 4.69) is 20.6 Å². The Hall–Kier alpha value is -6.93. The van der Waals surface area contributed by atoms with Crippen molar-refractivity contribution in [3.05, 3.63) is 132 Å². The molecule has 8 aromatic rings. The van der Waals surface area contributed by atoms with Gasteiger partial charge in [-0.15, -0.1) is 10.2 Å². The van der Waals surface area contributed by atoms with Gasteiger partial charge in [-0.25, -0.2) is 9.36 Å². The molecule has 0 saturated carbocycles. The average molecular weight is 920 g/mol. The zero-order valence-corrected chi connectivity index (χ0v) is 38.7. The molecular formula is C50H52MnN6O8. The van der Waals surface area contributed by atoms with E-state index < -0.39 is 14.8 Å². The maximum absolute atomic E-state index is 11.8. The fourth-order valence-electron chi connectivity index (χ4n) is 6.97. The summed E-state index contributed by atoms with van der Waals surface area (Å²) in [4.78, 5) is 11.8. The SMILES string of the molecule is CC(C)Oc1ccc(-c2cc3c(cc2C=O)nnn3-c2ccc(OC(C)C)cc2)cc1.CC(C)Oc1ccc(-c2cc3c(cc2CO)nnn3-c2ccc(OC(C)C)cc2)cc1.[O]=[Mn]=[O]. The number of ether oxygens (including phenoxy) is 4. The fraction of sp³-hybridized carbons (Fsp3) is 0.260. The summed E-state index contributed by atoms with van der Waals surface area (Å²) in [5.74, 6) is 3.23. The molecule has 0 radical (unpaired) electrons. The predicted molar refractivity (Wildman–Crippen MR) is 244 cm³/mol. The number of nitrogens with zero attached hydrogens (tertiary/aromatic N) is 6. The second kappa shape index (κ2) is 22.1. The van der Waals surface area contributed by atoms with Crippen LogP contribution in [-0.2, 0) is 29.1 Å². The Bertz CT molecular complexity index is 2850. The number of aromatic nitrogens is 6. The van der Waals surface area contributed by atoms with Gasteiger partial charge < -0.3 is 24.1 Å². The molecule has 15 heteroatoms. The van der Waals surface area contributed by atoms with Gasteiger partial charge in [-0.1, -0.05) is 34.7 Å². The van der Waals surface area contributed by atoms with E-state index in [1.165, 1.54) is 0 Å². The molecule has 1 N–H and O–H groups in total. The van der Waals surface area contributed by atoms with Crippen molar-refractivity contribution in [2.24, 2.45) is 0 Å². The third kappa shape index (κ3) is 12.2. The third-order valence-electron chi connectivity index (χ3n) is 9.56. The van der Waals surface area contributed by atoms with Crippen LogP contribution in [-0.4, -0.2) is 65.8 Å². The van der Waals surface area contributed by atoms with Gasteiger partial charge >= 0.3 is 22.5 Å². The zero-order chi connectivity index (χ0) is 46.6. The first kappa shape index (κ1) is 47.5. The van der Waals surface area contributed by atoms with Crippen molar-refractivity contribution in [1.82, 2.24) is 30.0 Å². The van der Waals surface area contributed by atoms with Crippen LogP contribution in [0.3, 0.4) is 0 Å². The minimum absolute atomic E-state index is 0.0797. The van der Waals surface area contributed by atoms with Crippen molar-refractivity contribution in [2.45, 2.75) is 86.4 Å². The maximum atomic E-state index is 11.8. The predicted octanol–water partition coefficient (Wildman–Crippen LogP) is 10.4. The molecule has 0 aliphatic rings. The van der Waals surface area contributed by atoms with Crippen LogP contribution in [0.5, 0.6) is 23.0 Å². The van der Waals surface area contributed by atoms with E-state index in [1.807, 2.05) is 171 Å². The van der Waals surface area contributed by atoms with E-state index >= 15 is 0 Å². The normalized spacial score (nSPS) is 11.0. The van der Waals surface area contributed by atoms with Crippen molar-refractivity contribution in [1.29, 1.82) is 0 Å². The molecule has 6 aromatic carbocycles. The molecule has 2 aromatic heterocycles. The van der Waals surface area contributed by atoms with Crippen LogP contribution in [0.1, 0.15) is 71.3 Å². The number of aldehydes is 1. The van der Waals surface area contributed by atoms with Gasteiger partial charge in [0.15, 0.2) is 6.29 Å². The molecule has 0 bridgehead atoms.